The van der Waals surface area contributed by atoms with E-state index in [0.717, 1.165) is 58.7 Å². The standard InChI is InChI=1S/C26H27ClN6O/c1-17-23-18(2)33(21-11-4-3-5-12-21)31-24(23)25(30-29-17)32-14-8-10-20(16-32)26(34)28-15-19-9-6-7-13-22(19)27/h3-7,9,11-13,20H,8,10,14-16H2,1-2H3,(H,28,34)/t20-/m0/s1. The number of benzene rings is 2. The molecule has 1 aliphatic heterocycles. The van der Waals surface area contributed by atoms with Crippen molar-refractivity contribution in [3.05, 3.63) is 76.6 Å². The number of aromatic nitrogens is 4. The molecule has 1 fully saturated rings. The summed E-state index contributed by atoms with van der Waals surface area (Å²) < 4.78 is 1.95. The minimum Gasteiger partial charge on any atom is -0.352 e. The number of nitrogens with zero attached hydrogens (tertiary/aromatic N) is 5. The first kappa shape index (κ1) is 22.3. The molecule has 3 heterocycles. The maximum Gasteiger partial charge on any atom is 0.225 e. The van der Waals surface area contributed by atoms with Crippen molar-refractivity contribution in [1.82, 2.24) is 25.3 Å². The zero-order valence-electron chi connectivity index (χ0n) is 19.3. The van der Waals surface area contributed by atoms with Crippen LogP contribution >= 0.6 is 11.6 Å². The highest BCUT2D eigenvalue weighted by Gasteiger charge is 2.29. The van der Waals surface area contributed by atoms with Gasteiger partial charge in [-0.15, -0.1) is 5.10 Å². The first-order valence-corrected chi connectivity index (χ1v) is 11.9. The Labute approximate surface area is 203 Å². The Hall–Kier alpha value is -3.45. The van der Waals surface area contributed by atoms with Gasteiger partial charge in [-0.3, -0.25) is 4.79 Å². The molecule has 7 nitrogen and oxygen atoms in total. The Morgan fingerprint density at radius 1 is 1.09 bits per heavy atom. The third-order valence-electron chi connectivity index (χ3n) is 6.49. The lowest BCUT2D eigenvalue weighted by atomic mass is 9.97. The summed E-state index contributed by atoms with van der Waals surface area (Å²) in [5.74, 6) is 0.639. The molecule has 1 saturated heterocycles. The number of hydrogen-bond acceptors (Lipinski definition) is 5. The summed E-state index contributed by atoms with van der Waals surface area (Å²) in [4.78, 5) is 15.1. The van der Waals surface area contributed by atoms with Crippen molar-refractivity contribution in [2.75, 3.05) is 18.0 Å². The van der Waals surface area contributed by atoms with Gasteiger partial charge in [-0.2, -0.15) is 10.2 Å². The molecular formula is C26H27ClN6O. The van der Waals surface area contributed by atoms with Crippen molar-refractivity contribution >= 4 is 34.2 Å². The zero-order chi connectivity index (χ0) is 23.7. The number of para-hydroxylation sites is 1. The van der Waals surface area contributed by atoms with Crippen LogP contribution in [-0.2, 0) is 11.3 Å². The molecule has 2 aromatic heterocycles. The topological polar surface area (TPSA) is 75.9 Å². The van der Waals surface area contributed by atoms with E-state index in [2.05, 4.69) is 27.3 Å². The molecule has 1 atom stereocenters. The van der Waals surface area contributed by atoms with E-state index in [1.54, 1.807) is 0 Å². The average molecular weight is 475 g/mol. The largest absolute Gasteiger partial charge is 0.352 e. The van der Waals surface area contributed by atoms with Crippen LogP contribution in [0.5, 0.6) is 0 Å². The Morgan fingerprint density at radius 3 is 2.65 bits per heavy atom. The predicted molar refractivity (Wildman–Crippen MR) is 134 cm³/mol. The highest BCUT2D eigenvalue weighted by molar-refractivity contribution is 6.31. The summed E-state index contributed by atoms with van der Waals surface area (Å²) in [6.07, 6.45) is 1.74. The molecule has 0 spiro atoms. The summed E-state index contributed by atoms with van der Waals surface area (Å²) in [5, 5.41) is 18.6. The number of carbonyl (C=O) groups excluding carboxylic acids is 1. The van der Waals surface area contributed by atoms with Crippen LogP contribution in [-0.4, -0.2) is 39.0 Å². The Balaban J connectivity index is 1.40. The average Bonchev–Trinajstić information content (AvgIpc) is 3.22. The van der Waals surface area contributed by atoms with Gasteiger partial charge in [0, 0.05) is 24.7 Å². The van der Waals surface area contributed by atoms with Crippen LogP contribution in [0.25, 0.3) is 16.6 Å². The molecule has 0 saturated carbocycles. The lowest BCUT2D eigenvalue weighted by molar-refractivity contribution is -0.125. The van der Waals surface area contributed by atoms with Gasteiger partial charge in [0.25, 0.3) is 0 Å². The Bertz CT molecular complexity index is 1340. The number of rotatable bonds is 5. The van der Waals surface area contributed by atoms with E-state index in [9.17, 15) is 4.79 Å². The van der Waals surface area contributed by atoms with Crippen LogP contribution in [0.3, 0.4) is 0 Å². The lowest BCUT2D eigenvalue weighted by Gasteiger charge is -2.32. The molecule has 34 heavy (non-hydrogen) atoms. The third-order valence-corrected chi connectivity index (χ3v) is 6.86. The Kier molecular flexibility index (Phi) is 6.20. The monoisotopic (exact) mass is 474 g/mol. The fourth-order valence-electron chi connectivity index (χ4n) is 4.70. The highest BCUT2D eigenvalue weighted by atomic mass is 35.5. The lowest BCUT2D eigenvalue weighted by Crippen LogP contribution is -2.43. The van der Waals surface area contributed by atoms with Crippen molar-refractivity contribution in [2.24, 2.45) is 5.92 Å². The first-order chi connectivity index (χ1) is 16.5. The summed E-state index contributed by atoms with van der Waals surface area (Å²) in [5.41, 5.74) is 4.62. The smallest absolute Gasteiger partial charge is 0.225 e. The maximum atomic E-state index is 13.0. The van der Waals surface area contributed by atoms with Gasteiger partial charge in [-0.05, 0) is 50.5 Å². The highest BCUT2D eigenvalue weighted by Crippen LogP contribution is 2.31. The molecule has 2 aromatic carbocycles. The minimum atomic E-state index is -0.133. The normalized spacial score (nSPS) is 16.1. The Morgan fingerprint density at radius 2 is 1.85 bits per heavy atom. The van der Waals surface area contributed by atoms with Crippen LogP contribution in [0, 0.1) is 19.8 Å². The van der Waals surface area contributed by atoms with Gasteiger partial charge in [-0.1, -0.05) is 48.0 Å². The third kappa shape index (κ3) is 4.23. The van der Waals surface area contributed by atoms with E-state index in [-0.39, 0.29) is 11.8 Å². The molecule has 4 aromatic rings. The number of halogens is 1. The predicted octanol–water partition coefficient (Wildman–Crippen LogP) is 4.62. The van der Waals surface area contributed by atoms with E-state index in [1.165, 1.54) is 0 Å². The van der Waals surface area contributed by atoms with Gasteiger partial charge in [0.15, 0.2) is 5.82 Å². The van der Waals surface area contributed by atoms with Crippen LogP contribution in [0.2, 0.25) is 5.02 Å². The van der Waals surface area contributed by atoms with Gasteiger partial charge < -0.3 is 10.2 Å². The second kappa shape index (κ2) is 9.43. The van der Waals surface area contributed by atoms with Crippen molar-refractivity contribution in [3.8, 4) is 5.69 Å². The van der Waals surface area contributed by atoms with Gasteiger partial charge in [0.1, 0.15) is 5.52 Å². The molecule has 1 aliphatic rings. The van der Waals surface area contributed by atoms with Gasteiger partial charge >= 0.3 is 0 Å². The molecule has 0 unspecified atom stereocenters. The van der Waals surface area contributed by atoms with Crippen molar-refractivity contribution in [1.29, 1.82) is 0 Å². The minimum absolute atomic E-state index is 0.0342. The number of carbonyl (C=O) groups is 1. The van der Waals surface area contributed by atoms with Gasteiger partial charge in [-0.25, -0.2) is 4.68 Å². The zero-order valence-corrected chi connectivity index (χ0v) is 20.1. The summed E-state index contributed by atoms with van der Waals surface area (Å²) >= 11 is 6.24. The second-order valence-corrected chi connectivity index (χ2v) is 9.17. The van der Waals surface area contributed by atoms with Crippen molar-refractivity contribution < 1.29 is 4.79 Å². The van der Waals surface area contributed by atoms with E-state index in [4.69, 9.17) is 16.7 Å². The fraction of sp³-hybridized carbons (Fsp3) is 0.308. The number of amides is 1. The number of nitrogens with one attached hydrogen (secondary N) is 1. The van der Waals surface area contributed by atoms with E-state index in [0.29, 0.717) is 18.1 Å². The van der Waals surface area contributed by atoms with Crippen molar-refractivity contribution in [3.63, 3.8) is 0 Å². The maximum absolute atomic E-state index is 13.0. The molecule has 174 valence electrons. The second-order valence-electron chi connectivity index (χ2n) is 8.76. The fourth-order valence-corrected chi connectivity index (χ4v) is 4.90. The number of piperidine rings is 1. The van der Waals surface area contributed by atoms with Crippen LogP contribution in [0.4, 0.5) is 5.82 Å². The first-order valence-electron chi connectivity index (χ1n) is 11.6. The summed E-state index contributed by atoms with van der Waals surface area (Å²) in [6.45, 7) is 5.84. The SMILES string of the molecule is Cc1nnc(N2CCC[C@H](C(=O)NCc3ccccc3Cl)C2)c2nn(-c3ccccc3)c(C)c12. The molecule has 8 heteroatoms. The van der Waals surface area contributed by atoms with Gasteiger partial charge in [0.05, 0.1) is 28.4 Å². The molecule has 5 rings (SSSR count). The van der Waals surface area contributed by atoms with E-state index < -0.39 is 0 Å². The van der Waals surface area contributed by atoms with Crippen LogP contribution in [0.1, 0.15) is 29.8 Å². The number of anilines is 1. The molecule has 0 bridgehead atoms. The number of hydrogen-bond donors (Lipinski definition) is 1. The summed E-state index contributed by atoms with van der Waals surface area (Å²) in [6, 6.07) is 17.6. The van der Waals surface area contributed by atoms with Crippen LogP contribution < -0.4 is 10.2 Å². The number of fused-ring (bicyclic) bond motifs is 1. The van der Waals surface area contributed by atoms with Crippen molar-refractivity contribution in [2.45, 2.75) is 33.2 Å². The molecular weight excluding hydrogens is 448 g/mol. The molecule has 1 N–H and O–H groups in total. The van der Waals surface area contributed by atoms with Crippen LogP contribution in [0.15, 0.2) is 54.6 Å². The molecule has 0 radical (unpaired) electrons. The van der Waals surface area contributed by atoms with E-state index >= 15 is 0 Å². The number of aryl methyl sites for hydroxylation is 2. The molecule has 0 aliphatic carbocycles. The quantitative estimate of drug-likeness (QED) is 0.456. The summed E-state index contributed by atoms with van der Waals surface area (Å²) in [7, 11) is 0. The molecule has 1 amide bonds. The van der Waals surface area contributed by atoms with Gasteiger partial charge in [0.2, 0.25) is 5.91 Å². The van der Waals surface area contributed by atoms with E-state index in [1.807, 2.05) is 66.2 Å².